The molecule has 0 aliphatic carbocycles. The van der Waals surface area contributed by atoms with Crippen LogP contribution in [-0.4, -0.2) is 20.9 Å². The van der Waals surface area contributed by atoms with Gasteiger partial charge in [-0.2, -0.15) is 5.10 Å². The van der Waals surface area contributed by atoms with E-state index in [1.807, 2.05) is 0 Å². The summed E-state index contributed by atoms with van der Waals surface area (Å²) in [6.07, 6.45) is 1.71. The average Bonchev–Trinajstić information content (AvgIpc) is 2.43. The minimum atomic E-state index is -0.918. The number of aromatic carboxylic acids is 1. The van der Waals surface area contributed by atoms with Crippen molar-refractivity contribution in [2.24, 2.45) is 7.05 Å². The molecule has 0 aliphatic rings. The second-order valence-corrected chi connectivity index (χ2v) is 2.85. The molecule has 5 heteroatoms. The number of hydrogen-bond donors (Lipinski definition) is 1. The van der Waals surface area contributed by atoms with E-state index in [2.05, 4.69) is 5.10 Å². The van der Waals surface area contributed by atoms with Crippen molar-refractivity contribution < 1.29 is 62.7 Å². The van der Waals surface area contributed by atoms with Gasteiger partial charge in [0.2, 0.25) is 0 Å². The summed E-state index contributed by atoms with van der Waals surface area (Å²) in [5.74, 6) is -0.918. The molecule has 0 aliphatic heterocycles. The van der Waals surface area contributed by atoms with Crippen LogP contribution in [0.15, 0.2) is 24.4 Å². The molecule has 0 fully saturated rings. The SMILES string of the molecule is Cn1cc2c(C(=O)O)cccc2n1.[H-].[K+]. The third-order valence-electron chi connectivity index (χ3n) is 1.89. The van der Waals surface area contributed by atoms with Gasteiger partial charge in [-0.25, -0.2) is 4.79 Å². The van der Waals surface area contributed by atoms with Crippen molar-refractivity contribution in [1.82, 2.24) is 9.78 Å². The van der Waals surface area contributed by atoms with Gasteiger partial charge in [-0.3, -0.25) is 4.68 Å². The molecule has 0 bridgehead atoms. The quantitative estimate of drug-likeness (QED) is 0.583. The van der Waals surface area contributed by atoms with E-state index in [0.717, 1.165) is 0 Å². The molecule has 0 spiro atoms. The number of carboxylic acid groups (broad SMARTS) is 1. The molecule has 0 amide bonds. The summed E-state index contributed by atoms with van der Waals surface area (Å²) in [6.45, 7) is 0. The van der Waals surface area contributed by atoms with E-state index in [1.165, 1.54) is 0 Å². The molecule has 0 saturated heterocycles. The number of fused-ring (bicyclic) bond motifs is 1. The Hall–Kier alpha value is -0.204. The minimum Gasteiger partial charge on any atom is -1.00 e. The number of benzene rings is 1. The van der Waals surface area contributed by atoms with Crippen LogP contribution in [-0.2, 0) is 7.05 Å². The van der Waals surface area contributed by atoms with Crippen molar-refractivity contribution in [3.8, 4) is 0 Å². The van der Waals surface area contributed by atoms with E-state index in [9.17, 15) is 4.79 Å². The molecule has 2 aromatic rings. The Morgan fingerprint density at radius 3 is 2.93 bits per heavy atom. The van der Waals surface area contributed by atoms with Crippen LogP contribution in [0.25, 0.3) is 10.9 Å². The summed E-state index contributed by atoms with van der Waals surface area (Å²) < 4.78 is 1.61. The summed E-state index contributed by atoms with van der Waals surface area (Å²) in [6, 6.07) is 5.06. The summed E-state index contributed by atoms with van der Waals surface area (Å²) in [7, 11) is 1.77. The van der Waals surface area contributed by atoms with Crippen molar-refractivity contribution in [3.63, 3.8) is 0 Å². The molecule has 68 valence electrons. The maximum atomic E-state index is 10.8. The first kappa shape index (κ1) is 11.9. The van der Waals surface area contributed by atoms with Gasteiger partial charge in [-0.1, -0.05) is 6.07 Å². The molecule has 1 N–H and O–H groups in total. The predicted molar refractivity (Wildman–Crippen MR) is 48.8 cm³/mol. The first-order valence-electron chi connectivity index (χ1n) is 3.84. The van der Waals surface area contributed by atoms with E-state index in [4.69, 9.17) is 5.11 Å². The molecule has 0 atom stereocenters. The van der Waals surface area contributed by atoms with Gasteiger partial charge in [-0.15, -0.1) is 0 Å². The zero-order chi connectivity index (χ0) is 9.42. The van der Waals surface area contributed by atoms with Crippen LogP contribution in [0.4, 0.5) is 0 Å². The van der Waals surface area contributed by atoms with Gasteiger partial charge in [0.25, 0.3) is 0 Å². The fourth-order valence-electron chi connectivity index (χ4n) is 1.35. The van der Waals surface area contributed by atoms with E-state index in [-0.39, 0.29) is 52.8 Å². The van der Waals surface area contributed by atoms with Gasteiger partial charge in [0.05, 0.1) is 11.1 Å². The number of aryl methyl sites for hydroxylation is 1. The molecule has 4 nitrogen and oxygen atoms in total. The van der Waals surface area contributed by atoms with Gasteiger partial charge in [-0.05, 0) is 12.1 Å². The second-order valence-electron chi connectivity index (χ2n) is 2.85. The molecule has 1 aromatic heterocycles. The van der Waals surface area contributed by atoms with Crippen molar-refractivity contribution >= 4 is 16.9 Å². The Bertz CT molecular complexity index is 484. The van der Waals surface area contributed by atoms with Crippen LogP contribution in [0.3, 0.4) is 0 Å². The standard InChI is InChI=1S/C9H8N2O2.K.H/c1-11-5-7-6(9(12)13)3-2-4-8(7)10-11;;/h2-5H,1H3,(H,12,13);;/q;+1;-1. The molecule has 1 aromatic carbocycles. The molecule has 1 heterocycles. The first-order valence-corrected chi connectivity index (χ1v) is 3.84. The van der Waals surface area contributed by atoms with Crippen LogP contribution in [0.1, 0.15) is 11.8 Å². The van der Waals surface area contributed by atoms with Crippen LogP contribution >= 0.6 is 0 Å². The molecular formula is C9H9KN2O2. The fraction of sp³-hybridized carbons (Fsp3) is 0.111. The third-order valence-corrected chi connectivity index (χ3v) is 1.89. The Kier molecular flexibility index (Phi) is 3.85. The largest absolute Gasteiger partial charge is 1.00 e. The van der Waals surface area contributed by atoms with Gasteiger partial charge in [0, 0.05) is 18.6 Å². The van der Waals surface area contributed by atoms with Gasteiger partial charge >= 0.3 is 57.4 Å². The maximum Gasteiger partial charge on any atom is 1.00 e. The first-order chi connectivity index (χ1) is 6.18. The Morgan fingerprint density at radius 2 is 2.29 bits per heavy atom. The number of aromatic nitrogens is 2. The number of carbonyl (C=O) groups is 1. The fourth-order valence-corrected chi connectivity index (χ4v) is 1.35. The molecular weight excluding hydrogens is 207 g/mol. The summed E-state index contributed by atoms with van der Waals surface area (Å²) >= 11 is 0. The molecule has 0 saturated carbocycles. The molecule has 0 radical (unpaired) electrons. The number of carboxylic acids is 1. The van der Waals surface area contributed by atoms with E-state index < -0.39 is 5.97 Å². The van der Waals surface area contributed by atoms with Crippen LogP contribution in [0.2, 0.25) is 0 Å². The van der Waals surface area contributed by atoms with Crippen molar-refractivity contribution in [2.45, 2.75) is 0 Å². The number of nitrogens with zero attached hydrogens (tertiary/aromatic N) is 2. The van der Waals surface area contributed by atoms with Gasteiger partial charge in [0.1, 0.15) is 0 Å². The van der Waals surface area contributed by atoms with Gasteiger partial charge < -0.3 is 6.53 Å². The molecule has 2 rings (SSSR count). The summed E-state index contributed by atoms with van der Waals surface area (Å²) in [5, 5.41) is 13.6. The Labute approximate surface area is 125 Å². The van der Waals surface area contributed by atoms with Crippen LogP contribution in [0, 0.1) is 0 Å². The zero-order valence-corrected chi connectivity index (χ0v) is 11.2. The van der Waals surface area contributed by atoms with Crippen molar-refractivity contribution in [1.29, 1.82) is 0 Å². The van der Waals surface area contributed by atoms with E-state index in [1.54, 1.807) is 36.1 Å². The Balaban J connectivity index is 0.000000980. The van der Waals surface area contributed by atoms with Gasteiger partial charge in [0.15, 0.2) is 0 Å². The van der Waals surface area contributed by atoms with Crippen molar-refractivity contribution in [2.75, 3.05) is 0 Å². The van der Waals surface area contributed by atoms with Crippen molar-refractivity contribution in [3.05, 3.63) is 30.0 Å². The van der Waals surface area contributed by atoms with E-state index >= 15 is 0 Å². The average molecular weight is 216 g/mol. The topological polar surface area (TPSA) is 55.1 Å². The predicted octanol–water partition coefficient (Wildman–Crippen LogP) is -1.61. The number of hydrogen-bond acceptors (Lipinski definition) is 2. The maximum absolute atomic E-state index is 10.8. The molecule has 0 unspecified atom stereocenters. The molecule has 14 heavy (non-hydrogen) atoms. The van der Waals surface area contributed by atoms with E-state index in [0.29, 0.717) is 16.5 Å². The third kappa shape index (κ3) is 2.07. The smallest absolute Gasteiger partial charge is 1.00 e. The second kappa shape index (κ2) is 4.54. The minimum absolute atomic E-state index is 0. The summed E-state index contributed by atoms with van der Waals surface area (Å²) in [4.78, 5) is 10.8. The van der Waals surface area contributed by atoms with Crippen LogP contribution < -0.4 is 51.4 Å². The number of rotatable bonds is 1. The monoisotopic (exact) mass is 216 g/mol. The zero-order valence-electron chi connectivity index (χ0n) is 9.06. The summed E-state index contributed by atoms with van der Waals surface area (Å²) in [5.41, 5.74) is 1.01. The Morgan fingerprint density at radius 1 is 1.57 bits per heavy atom. The van der Waals surface area contributed by atoms with Crippen LogP contribution in [0.5, 0.6) is 0 Å². The normalized spacial score (nSPS) is 9.79.